The van der Waals surface area contributed by atoms with E-state index >= 15 is 0 Å². The van der Waals surface area contributed by atoms with E-state index in [1.165, 1.54) is 11.1 Å². The Balaban J connectivity index is 1.53. The first-order valence-corrected chi connectivity index (χ1v) is 9.30. The lowest BCUT2D eigenvalue weighted by Crippen LogP contribution is -2.18. The van der Waals surface area contributed by atoms with Gasteiger partial charge in [-0.2, -0.15) is 0 Å². The van der Waals surface area contributed by atoms with Gasteiger partial charge in [0.05, 0.1) is 0 Å². The largest absolute Gasteiger partial charge is 0.490 e. The van der Waals surface area contributed by atoms with Gasteiger partial charge in [-0.3, -0.25) is 0 Å². The zero-order chi connectivity index (χ0) is 19.1. The predicted octanol–water partition coefficient (Wildman–Crippen LogP) is 4.93. The Hall–Kier alpha value is -2.78. The summed E-state index contributed by atoms with van der Waals surface area (Å²) < 4.78 is 11.5. The van der Waals surface area contributed by atoms with Gasteiger partial charge in [-0.05, 0) is 41.0 Å². The van der Waals surface area contributed by atoms with Crippen LogP contribution in [0.5, 0.6) is 11.5 Å². The first-order valence-electron chi connectivity index (χ1n) is 9.30. The molecular weight excluding hydrogens is 334 g/mol. The average molecular weight is 361 g/mol. The normalized spacial score (nSPS) is 11.2. The molecule has 0 aliphatic heterocycles. The standard InChI is InChI=1S/C24H27NO2/c1-24(2,20-8-4-3-5-9-20)21-11-13-22(14-12-21)26-15-16-27-23-10-6-7-19(17-23)18-25/h3-14,17H,15-16,18,25H2,1-2H3. The van der Waals surface area contributed by atoms with Crippen LogP contribution in [0.2, 0.25) is 0 Å². The molecule has 3 rings (SSSR count). The van der Waals surface area contributed by atoms with E-state index in [1.54, 1.807) is 0 Å². The number of hydrogen-bond donors (Lipinski definition) is 1. The van der Waals surface area contributed by atoms with Crippen molar-refractivity contribution in [2.24, 2.45) is 5.73 Å². The second kappa shape index (κ2) is 8.74. The summed E-state index contributed by atoms with van der Waals surface area (Å²) in [5, 5.41) is 0. The van der Waals surface area contributed by atoms with Crippen LogP contribution in [0.3, 0.4) is 0 Å². The molecule has 0 spiro atoms. The number of benzene rings is 3. The second-order valence-electron chi connectivity index (χ2n) is 7.06. The molecule has 3 aromatic rings. The molecule has 0 heterocycles. The highest BCUT2D eigenvalue weighted by Crippen LogP contribution is 2.32. The van der Waals surface area contributed by atoms with Crippen LogP contribution < -0.4 is 15.2 Å². The molecule has 0 fully saturated rings. The molecule has 27 heavy (non-hydrogen) atoms. The highest BCUT2D eigenvalue weighted by atomic mass is 16.5. The Morgan fingerprint density at radius 3 is 2.00 bits per heavy atom. The molecule has 0 atom stereocenters. The molecule has 3 nitrogen and oxygen atoms in total. The van der Waals surface area contributed by atoms with Gasteiger partial charge in [-0.25, -0.2) is 0 Å². The van der Waals surface area contributed by atoms with Crippen LogP contribution in [-0.4, -0.2) is 13.2 Å². The van der Waals surface area contributed by atoms with Crippen LogP contribution in [0, 0.1) is 0 Å². The summed E-state index contributed by atoms with van der Waals surface area (Å²) in [7, 11) is 0. The molecule has 0 aliphatic carbocycles. The third kappa shape index (κ3) is 4.89. The zero-order valence-corrected chi connectivity index (χ0v) is 16.0. The van der Waals surface area contributed by atoms with Crippen molar-refractivity contribution in [2.75, 3.05) is 13.2 Å². The quantitative estimate of drug-likeness (QED) is 0.579. The van der Waals surface area contributed by atoms with Gasteiger partial charge in [-0.1, -0.05) is 68.4 Å². The Bertz CT molecular complexity index is 842. The summed E-state index contributed by atoms with van der Waals surface area (Å²) in [6.07, 6.45) is 0. The Kier molecular flexibility index (Phi) is 6.15. The molecule has 2 N–H and O–H groups in total. The number of rotatable bonds is 8. The van der Waals surface area contributed by atoms with Gasteiger partial charge in [0.25, 0.3) is 0 Å². The van der Waals surface area contributed by atoms with E-state index in [0.29, 0.717) is 19.8 Å². The molecule has 0 saturated carbocycles. The molecule has 0 aliphatic rings. The molecular formula is C24H27NO2. The summed E-state index contributed by atoms with van der Waals surface area (Å²) in [6, 6.07) is 26.7. The van der Waals surface area contributed by atoms with Gasteiger partial charge in [0.15, 0.2) is 0 Å². The van der Waals surface area contributed by atoms with E-state index in [4.69, 9.17) is 15.2 Å². The van der Waals surface area contributed by atoms with E-state index in [9.17, 15) is 0 Å². The fraction of sp³-hybridized carbons (Fsp3) is 0.250. The average Bonchev–Trinajstić information content (AvgIpc) is 2.72. The number of ether oxygens (including phenoxy) is 2. The van der Waals surface area contributed by atoms with Crippen molar-refractivity contribution in [3.8, 4) is 11.5 Å². The van der Waals surface area contributed by atoms with E-state index in [-0.39, 0.29) is 5.41 Å². The van der Waals surface area contributed by atoms with Gasteiger partial charge in [-0.15, -0.1) is 0 Å². The lowest BCUT2D eigenvalue weighted by atomic mass is 9.78. The Morgan fingerprint density at radius 2 is 1.33 bits per heavy atom. The van der Waals surface area contributed by atoms with Crippen LogP contribution in [0.4, 0.5) is 0 Å². The van der Waals surface area contributed by atoms with E-state index in [1.807, 2.05) is 42.5 Å². The number of hydrogen-bond acceptors (Lipinski definition) is 3. The van der Waals surface area contributed by atoms with Crippen molar-refractivity contribution < 1.29 is 9.47 Å². The van der Waals surface area contributed by atoms with Crippen molar-refractivity contribution in [2.45, 2.75) is 25.8 Å². The van der Waals surface area contributed by atoms with Crippen LogP contribution in [-0.2, 0) is 12.0 Å². The van der Waals surface area contributed by atoms with Gasteiger partial charge in [0, 0.05) is 12.0 Å². The third-order valence-corrected chi connectivity index (χ3v) is 4.83. The predicted molar refractivity (Wildman–Crippen MR) is 110 cm³/mol. The van der Waals surface area contributed by atoms with Crippen molar-refractivity contribution >= 4 is 0 Å². The molecule has 0 saturated heterocycles. The highest BCUT2D eigenvalue weighted by molar-refractivity contribution is 5.39. The van der Waals surface area contributed by atoms with Gasteiger partial charge < -0.3 is 15.2 Å². The van der Waals surface area contributed by atoms with Crippen LogP contribution in [0.1, 0.15) is 30.5 Å². The maximum absolute atomic E-state index is 5.81. The monoisotopic (exact) mass is 361 g/mol. The topological polar surface area (TPSA) is 44.5 Å². The van der Waals surface area contributed by atoms with Crippen molar-refractivity contribution in [3.05, 3.63) is 95.6 Å². The minimum absolute atomic E-state index is 0.0447. The summed E-state index contributed by atoms with van der Waals surface area (Å²) in [6.45, 7) is 5.97. The molecule has 0 bridgehead atoms. The van der Waals surface area contributed by atoms with E-state index in [2.05, 4.69) is 50.2 Å². The fourth-order valence-electron chi connectivity index (χ4n) is 3.07. The van der Waals surface area contributed by atoms with Crippen molar-refractivity contribution in [1.29, 1.82) is 0 Å². The minimum Gasteiger partial charge on any atom is -0.490 e. The smallest absolute Gasteiger partial charge is 0.122 e. The van der Waals surface area contributed by atoms with Crippen LogP contribution >= 0.6 is 0 Å². The second-order valence-corrected chi connectivity index (χ2v) is 7.06. The van der Waals surface area contributed by atoms with E-state index in [0.717, 1.165) is 17.1 Å². The maximum atomic E-state index is 5.81. The Labute approximate surface area is 161 Å². The van der Waals surface area contributed by atoms with E-state index < -0.39 is 0 Å². The molecule has 3 heteroatoms. The van der Waals surface area contributed by atoms with Gasteiger partial charge in [0.1, 0.15) is 24.7 Å². The van der Waals surface area contributed by atoms with Crippen molar-refractivity contribution in [3.63, 3.8) is 0 Å². The SMILES string of the molecule is CC(C)(c1ccccc1)c1ccc(OCCOc2cccc(CN)c2)cc1. The van der Waals surface area contributed by atoms with Gasteiger partial charge >= 0.3 is 0 Å². The van der Waals surface area contributed by atoms with Crippen LogP contribution in [0.25, 0.3) is 0 Å². The maximum Gasteiger partial charge on any atom is 0.122 e. The molecule has 0 radical (unpaired) electrons. The molecule has 0 amide bonds. The van der Waals surface area contributed by atoms with Crippen LogP contribution in [0.15, 0.2) is 78.9 Å². The molecule has 3 aromatic carbocycles. The minimum atomic E-state index is -0.0447. The summed E-state index contributed by atoms with van der Waals surface area (Å²) in [4.78, 5) is 0. The number of nitrogens with two attached hydrogens (primary N) is 1. The zero-order valence-electron chi connectivity index (χ0n) is 16.0. The molecule has 140 valence electrons. The third-order valence-electron chi connectivity index (χ3n) is 4.83. The fourth-order valence-corrected chi connectivity index (χ4v) is 3.07. The van der Waals surface area contributed by atoms with Crippen molar-refractivity contribution in [1.82, 2.24) is 0 Å². The lowest BCUT2D eigenvalue weighted by molar-refractivity contribution is 0.217. The molecule has 0 unspecified atom stereocenters. The van der Waals surface area contributed by atoms with Gasteiger partial charge in [0.2, 0.25) is 0 Å². The first-order chi connectivity index (χ1) is 13.1. The summed E-state index contributed by atoms with van der Waals surface area (Å²) >= 11 is 0. The summed E-state index contributed by atoms with van der Waals surface area (Å²) in [5.74, 6) is 1.67. The Morgan fingerprint density at radius 1 is 0.704 bits per heavy atom. The molecule has 0 aromatic heterocycles. The highest BCUT2D eigenvalue weighted by Gasteiger charge is 2.22. The summed E-state index contributed by atoms with van der Waals surface area (Å²) in [5.41, 5.74) is 9.22. The first kappa shape index (κ1) is 19.0. The lowest BCUT2D eigenvalue weighted by Gasteiger charge is -2.26.